The van der Waals surface area contributed by atoms with Gasteiger partial charge in [-0.25, -0.2) is 13.1 Å². The Morgan fingerprint density at radius 2 is 1.66 bits per heavy atom. The fraction of sp³-hybridized carbons (Fsp3) is 0.143. The summed E-state index contributed by atoms with van der Waals surface area (Å²) in [6, 6.07) is 27.5. The standard InChI is InChI=1S/C28H25N3O2S2/c1-2-3-18-34-25-16-14-22(15-17-25)28-23(21-31(30-28)24-10-6-4-7-11-24)19-27(20-29)35(32,33)26-12-8-5-9-13-26/h4-17,19,21H,2-3,18H2,1H3. The van der Waals surface area contributed by atoms with E-state index in [0.717, 1.165) is 29.8 Å². The maximum absolute atomic E-state index is 13.1. The summed E-state index contributed by atoms with van der Waals surface area (Å²) in [5.74, 6) is 1.06. The van der Waals surface area contributed by atoms with Crippen LogP contribution in [0.5, 0.6) is 0 Å². The van der Waals surface area contributed by atoms with E-state index in [1.54, 1.807) is 29.1 Å². The van der Waals surface area contributed by atoms with Crippen LogP contribution in [-0.2, 0) is 9.84 Å². The molecule has 0 N–H and O–H groups in total. The number of rotatable bonds is 9. The van der Waals surface area contributed by atoms with E-state index < -0.39 is 9.84 Å². The Hall–Kier alpha value is -3.60. The molecule has 0 radical (unpaired) electrons. The van der Waals surface area contributed by atoms with Crippen molar-refractivity contribution in [2.24, 2.45) is 0 Å². The molecule has 0 bridgehead atoms. The lowest BCUT2D eigenvalue weighted by Gasteiger charge is -2.05. The molecular formula is C28H25N3O2S2. The normalized spacial score (nSPS) is 11.8. The molecule has 35 heavy (non-hydrogen) atoms. The fourth-order valence-corrected chi connectivity index (χ4v) is 5.68. The van der Waals surface area contributed by atoms with E-state index in [-0.39, 0.29) is 9.80 Å². The highest BCUT2D eigenvalue weighted by molar-refractivity contribution is 7.99. The van der Waals surface area contributed by atoms with Gasteiger partial charge in [0.05, 0.1) is 10.6 Å². The van der Waals surface area contributed by atoms with Crippen LogP contribution in [0.2, 0.25) is 0 Å². The lowest BCUT2D eigenvalue weighted by molar-refractivity contribution is 0.603. The SMILES string of the molecule is CCCCSc1ccc(-c2nn(-c3ccccc3)cc2C=C(C#N)S(=O)(=O)c2ccccc2)cc1. The minimum Gasteiger partial charge on any atom is -0.240 e. The highest BCUT2D eigenvalue weighted by Crippen LogP contribution is 2.30. The Balaban J connectivity index is 1.79. The summed E-state index contributed by atoms with van der Waals surface area (Å²) < 4.78 is 28.0. The van der Waals surface area contributed by atoms with Crippen molar-refractivity contribution < 1.29 is 8.42 Å². The second-order valence-corrected chi connectivity index (χ2v) is 11.0. The van der Waals surface area contributed by atoms with Gasteiger partial charge in [0.1, 0.15) is 16.7 Å². The second-order valence-electron chi connectivity index (χ2n) is 7.88. The van der Waals surface area contributed by atoms with Crippen LogP contribution in [0.15, 0.2) is 106 Å². The fourth-order valence-electron chi connectivity index (χ4n) is 3.51. The molecule has 3 aromatic carbocycles. The van der Waals surface area contributed by atoms with Crippen LogP contribution in [0, 0.1) is 11.3 Å². The number of hydrogen-bond acceptors (Lipinski definition) is 5. The third kappa shape index (κ3) is 5.73. The van der Waals surface area contributed by atoms with Gasteiger partial charge in [0, 0.05) is 22.2 Å². The number of hydrogen-bond donors (Lipinski definition) is 0. The van der Waals surface area contributed by atoms with E-state index in [1.165, 1.54) is 23.1 Å². The maximum atomic E-state index is 13.1. The van der Waals surface area contributed by atoms with E-state index in [0.29, 0.717) is 11.3 Å². The van der Waals surface area contributed by atoms with Gasteiger partial charge in [0.25, 0.3) is 0 Å². The first-order chi connectivity index (χ1) is 17.0. The number of sulfone groups is 1. The lowest BCUT2D eigenvalue weighted by Crippen LogP contribution is -2.03. The number of thioether (sulfide) groups is 1. The van der Waals surface area contributed by atoms with Crippen LogP contribution in [0.4, 0.5) is 0 Å². The summed E-state index contributed by atoms with van der Waals surface area (Å²) in [6.45, 7) is 2.18. The third-order valence-electron chi connectivity index (χ3n) is 5.40. The minimum absolute atomic E-state index is 0.0817. The molecule has 0 unspecified atom stereocenters. The Kier molecular flexibility index (Phi) is 7.86. The van der Waals surface area contributed by atoms with Gasteiger partial charge in [-0.05, 0) is 54.6 Å². The average Bonchev–Trinajstić information content (AvgIpc) is 3.32. The third-order valence-corrected chi connectivity index (χ3v) is 8.18. The number of unbranched alkanes of at least 4 members (excludes halogenated alkanes) is 1. The molecule has 4 aromatic rings. The monoisotopic (exact) mass is 499 g/mol. The van der Waals surface area contributed by atoms with Crippen molar-refractivity contribution in [3.63, 3.8) is 0 Å². The molecule has 0 aliphatic carbocycles. The van der Waals surface area contributed by atoms with Gasteiger partial charge >= 0.3 is 0 Å². The van der Waals surface area contributed by atoms with E-state index >= 15 is 0 Å². The highest BCUT2D eigenvalue weighted by atomic mass is 32.2. The first kappa shape index (κ1) is 24.5. The predicted molar refractivity (Wildman–Crippen MR) is 142 cm³/mol. The van der Waals surface area contributed by atoms with Gasteiger partial charge in [0.15, 0.2) is 0 Å². The second kappa shape index (κ2) is 11.2. The quantitative estimate of drug-likeness (QED) is 0.144. The lowest BCUT2D eigenvalue weighted by atomic mass is 10.1. The van der Waals surface area contributed by atoms with Crippen LogP contribution in [0.25, 0.3) is 23.0 Å². The number of nitriles is 1. The van der Waals surface area contributed by atoms with Crippen LogP contribution < -0.4 is 0 Å². The van der Waals surface area contributed by atoms with Crippen molar-refractivity contribution in [2.45, 2.75) is 29.6 Å². The molecule has 0 spiro atoms. The van der Waals surface area contributed by atoms with Crippen molar-refractivity contribution >= 4 is 27.7 Å². The molecule has 0 fully saturated rings. The summed E-state index contributed by atoms with van der Waals surface area (Å²) in [5.41, 5.74) is 2.84. The van der Waals surface area contributed by atoms with Crippen molar-refractivity contribution in [1.82, 2.24) is 9.78 Å². The van der Waals surface area contributed by atoms with Gasteiger partial charge in [-0.15, -0.1) is 11.8 Å². The summed E-state index contributed by atoms with van der Waals surface area (Å²) in [4.78, 5) is 0.925. The van der Waals surface area contributed by atoms with Gasteiger partial charge in [-0.3, -0.25) is 0 Å². The molecule has 5 nitrogen and oxygen atoms in total. The number of allylic oxidation sites excluding steroid dienone is 1. The highest BCUT2D eigenvalue weighted by Gasteiger charge is 2.22. The Labute approximate surface area is 210 Å². The maximum Gasteiger partial charge on any atom is 0.216 e. The van der Waals surface area contributed by atoms with E-state index in [4.69, 9.17) is 5.10 Å². The molecule has 7 heteroatoms. The summed E-state index contributed by atoms with van der Waals surface area (Å²) >= 11 is 1.81. The molecular weight excluding hydrogens is 474 g/mol. The topological polar surface area (TPSA) is 75.8 Å². The minimum atomic E-state index is -3.96. The smallest absolute Gasteiger partial charge is 0.216 e. The molecule has 0 atom stereocenters. The zero-order valence-corrected chi connectivity index (χ0v) is 21.0. The number of nitrogens with zero attached hydrogens (tertiary/aromatic N) is 3. The first-order valence-electron chi connectivity index (χ1n) is 11.3. The zero-order valence-electron chi connectivity index (χ0n) is 19.3. The van der Waals surface area contributed by atoms with Crippen molar-refractivity contribution in [1.29, 1.82) is 5.26 Å². The Morgan fingerprint density at radius 3 is 2.29 bits per heavy atom. The predicted octanol–water partition coefficient (Wildman–Crippen LogP) is 6.77. The Bertz CT molecular complexity index is 1450. The Morgan fingerprint density at radius 1 is 1.00 bits per heavy atom. The van der Waals surface area contributed by atoms with Crippen molar-refractivity contribution in [2.75, 3.05) is 5.75 Å². The number of para-hydroxylation sites is 1. The summed E-state index contributed by atoms with van der Waals surface area (Å²) in [5, 5.41) is 14.5. The van der Waals surface area contributed by atoms with Gasteiger partial charge in [-0.2, -0.15) is 10.4 Å². The molecule has 176 valence electrons. The van der Waals surface area contributed by atoms with E-state index in [2.05, 4.69) is 19.1 Å². The van der Waals surface area contributed by atoms with Crippen LogP contribution in [0.1, 0.15) is 25.3 Å². The summed E-state index contributed by atoms with van der Waals surface area (Å²) in [6.07, 6.45) is 5.49. The molecule has 4 rings (SSSR count). The molecule has 0 saturated heterocycles. The van der Waals surface area contributed by atoms with Crippen molar-refractivity contribution in [3.05, 3.63) is 102 Å². The number of aromatic nitrogens is 2. The van der Waals surface area contributed by atoms with E-state index in [1.807, 2.05) is 60.3 Å². The largest absolute Gasteiger partial charge is 0.240 e. The molecule has 0 aliphatic heterocycles. The van der Waals surface area contributed by atoms with Crippen LogP contribution in [0.3, 0.4) is 0 Å². The van der Waals surface area contributed by atoms with Crippen LogP contribution >= 0.6 is 11.8 Å². The number of benzene rings is 3. The molecule has 1 heterocycles. The van der Waals surface area contributed by atoms with Gasteiger partial charge in [-0.1, -0.05) is 61.9 Å². The van der Waals surface area contributed by atoms with Crippen molar-refractivity contribution in [3.8, 4) is 23.0 Å². The first-order valence-corrected chi connectivity index (χ1v) is 13.8. The molecule has 0 aliphatic rings. The van der Waals surface area contributed by atoms with Crippen LogP contribution in [-0.4, -0.2) is 24.0 Å². The van der Waals surface area contributed by atoms with Gasteiger partial charge in [0.2, 0.25) is 9.84 Å². The molecule has 0 saturated carbocycles. The zero-order chi connectivity index (χ0) is 24.7. The molecule has 1 aromatic heterocycles. The molecule has 0 amide bonds. The van der Waals surface area contributed by atoms with Gasteiger partial charge < -0.3 is 0 Å². The summed E-state index contributed by atoms with van der Waals surface area (Å²) in [7, 11) is -3.96. The average molecular weight is 500 g/mol. The van der Waals surface area contributed by atoms with E-state index in [9.17, 15) is 13.7 Å².